The highest BCUT2D eigenvalue weighted by Gasteiger charge is 2.23. The number of ether oxygens (including phenoxy) is 3. The molecule has 0 aromatic heterocycles. The van der Waals surface area contributed by atoms with Gasteiger partial charge in [0.15, 0.2) is 5.96 Å². The lowest BCUT2D eigenvalue weighted by Crippen LogP contribution is -2.50. The van der Waals surface area contributed by atoms with Gasteiger partial charge in [-0.2, -0.15) is 0 Å². The molecule has 166 valence electrons. The van der Waals surface area contributed by atoms with Crippen molar-refractivity contribution in [1.29, 1.82) is 0 Å². The minimum atomic E-state index is -0.00680. The smallest absolute Gasteiger partial charge is 0.191 e. The van der Waals surface area contributed by atoms with E-state index in [0.717, 1.165) is 50.3 Å². The number of morpholine rings is 1. The molecule has 1 saturated heterocycles. The topological polar surface area (TPSA) is 67.4 Å². The number of nitrogens with one attached hydrogen (secondary N) is 2. The second-order valence-electron chi connectivity index (χ2n) is 7.22. The highest BCUT2D eigenvalue weighted by Crippen LogP contribution is 2.19. The minimum Gasteiger partial charge on any atom is -0.497 e. The van der Waals surface area contributed by atoms with E-state index in [1.807, 2.05) is 31.2 Å². The van der Waals surface area contributed by atoms with Gasteiger partial charge in [-0.3, -0.25) is 9.89 Å². The fourth-order valence-electron chi connectivity index (χ4n) is 3.25. The molecule has 2 rings (SSSR count). The van der Waals surface area contributed by atoms with Crippen LogP contribution in [0, 0.1) is 0 Å². The Bertz CT molecular complexity index is 617. The number of hydrogen-bond donors (Lipinski definition) is 2. The summed E-state index contributed by atoms with van der Waals surface area (Å²) in [6.07, 6.45) is -0.00680. The van der Waals surface area contributed by atoms with Crippen LogP contribution in [0.3, 0.4) is 0 Å². The molecule has 1 heterocycles. The summed E-state index contributed by atoms with van der Waals surface area (Å²) < 4.78 is 16.7. The summed E-state index contributed by atoms with van der Waals surface area (Å²) in [7, 11) is 1.65. The molecular formula is C21H37IN4O3. The van der Waals surface area contributed by atoms with E-state index in [-0.39, 0.29) is 30.1 Å². The van der Waals surface area contributed by atoms with Crippen LogP contribution in [0.25, 0.3) is 0 Å². The molecule has 0 radical (unpaired) electrons. The summed E-state index contributed by atoms with van der Waals surface area (Å²) in [5, 5.41) is 6.69. The Hall–Kier alpha value is -1.26. The Balaban J connectivity index is 0.00000420. The maximum atomic E-state index is 5.97. The third-order valence-corrected chi connectivity index (χ3v) is 4.78. The van der Waals surface area contributed by atoms with Gasteiger partial charge >= 0.3 is 0 Å². The monoisotopic (exact) mass is 520 g/mol. The lowest BCUT2D eigenvalue weighted by molar-refractivity contribution is -0.0165. The molecule has 1 aromatic rings. The van der Waals surface area contributed by atoms with Gasteiger partial charge in [0.2, 0.25) is 0 Å². The Morgan fingerprint density at radius 1 is 1.31 bits per heavy atom. The van der Waals surface area contributed by atoms with E-state index in [0.29, 0.717) is 18.6 Å². The first kappa shape index (κ1) is 25.8. The van der Waals surface area contributed by atoms with Crippen LogP contribution in [-0.2, 0) is 4.74 Å². The van der Waals surface area contributed by atoms with Gasteiger partial charge in [0.25, 0.3) is 0 Å². The van der Waals surface area contributed by atoms with Crippen molar-refractivity contribution in [1.82, 2.24) is 15.5 Å². The van der Waals surface area contributed by atoms with Crippen LogP contribution in [-0.4, -0.2) is 75.5 Å². The van der Waals surface area contributed by atoms with E-state index in [2.05, 4.69) is 36.3 Å². The number of benzene rings is 1. The third-order valence-electron chi connectivity index (χ3n) is 4.78. The van der Waals surface area contributed by atoms with Crippen LogP contribution in [0.15, 0.2) is 29.3 Å². The Morgan fingerprint density at radius 3 is 2.76 bits per heavy atom. The van der Waals surface area contributed by atoms with Crippen LogP contribution in [0.1, 0.15) is 27.7 Å². The summed E-state index contributed by atoms with van der Waals surface area (Å²) in [6.45, 7) is 13.3. The van der Waals surface area contributed by atoms with Crippen molar-refractivity contribution in [2.45, 2.75) is 45.9 Å². The predicted octanol–water partition coefficient (Wildman–Crippen LogP) is 2.74. The molecule has 7 nitrogen and oxygen atoms in total. The molecule has 29 heavy (non-hydrogen) atoms. The number of guanidine groups is 1. The Kier molecular flexibility index (Phi) is 12.3. The first-order valence-corrected chi connectivity index (χ1v) is 10.2. The highest BCUT2D eigenvalue weighted by atomic mass is 127. The number of halogens is 1. The fraction of sp³-hybridized carbons (Fsp3) is 0.667. The number of aliphatic imine (C=N–C) groups is 1. The van der Waals surface area contributed by atoms with Gasteiger partial charge in [0, 0.05) is 31.2 Å². The van der Waals surface area contributed by atoms with E-state index in [1.54, 1.807) is 7.11 Å². The van der Waals surface area contributed by atoms with Gasteiger partial charge in [-0.25, -0.2) is 0 Å². The molecule has 3 unspecified atom stereocenters. The van der Waals surface area contributed by atoms with Crippen molar-refractivity contribution in [3.05, 3.63) is 24.3 Å². The molecule has 0 amide bonds. The second kappa shape index (κ2) is 13.9. The van der Waals surface area contributed by atoms with E-state index in [4.69, 9.17) is 19.2 Å². The first-order valence-electron chi connectivity index (χ1n) is 10.2. The van der Waals surface area contributed by atoms with Crippen molar-refractivity contribution in [3.63, 3.8) is 0 Å². The van der Waals surface area contributed by atoms with E-state index >= 15 is 0 Å². The lowest BCUT2D eigenvalue weighted by atomic mass is 10.2. The van der Waals surface area contributed by atoms with Crippen LogP contribution in [0.4, 0.5) is 0 Å². The van der Waals surface area contributed by atoms with Crippen molar-refractivity contribution >= 4 is 29.9 Å². The van der Waals surface area contributed by atoms with E-state index in [9.17, 15) is 0 Å². The van der Waals surface area contributed by atoms with Crippen molar-refractivity contribution in [2.75, 3.05) is 46.5 Å². The average molecular weight is 520 g/mol. The molecule has 8 heteroatoms. The Morgan fingerprint density at radius 2 is 2.07 bits per heavy atom. The van der Waals surface area contributed by atoms with Gasteiger partial charge in [-0.15, -0.1) is 24.0 Å². The predicted molar refractivity (Wildman–Crippen MR) is 129 cm³/mol. The molecule has 0 aliphatic carbocycles. The van der Waals surface area contributed by atoms with Gasteiger partial charge in [-0.05, 0) is 39.8 Å². The number of methoxy groups -OCH3 is 1. The molecule has 1 fully saturated rings. The normalized spacial score (nSPS) is 19.6. The molecule has 3 atom stereocenters. The zero-order valence-corrected chi connectivity index (χ0v) is 20.6. The summed E-state index contributed by atoms with van der Waals surface area (Å²) in [6, 6.07) is 8.46. The van der Waals surface area contributed by atoms with E-state index < -0.39 is 0 Å². The zero-order chi connectivity index (χ0) is 20.4. The standard InChI is InChI=1S/C21H36N4O3.HI/c1-6-22-21(23-13-16(2)25-10-11-27-15-17(25)3)24-14-18(4)28-20-9-7-8-19(12-20)26-5;/h7-9,12,16-18H,6,10-11,13-15H2,1-5H3,(H2,22,23,24);1H. The quantitative estimate of drug-likeness (QED) is 0.297. The molecular weight excluding hydrogens is 483 g/mol. The van der Waals surface area contributed by atoms with Crippen LogP contribution < -0.4 is 20.1 Å². The molecule has 1 aliphatic rings. The van der Waals surface area contributed by atoms with Gasteiger partial charge in [0.05, 0.1) is 33.4 Å². The van der Waals surface area contributed by atoms with Crippen molar-refractivity contribution in [3.8, 4) is 11.5 Å². The molecule has 2 N–H and O–H groups in total. The number of nitrogens with zero attached hydrogens (tertiary/aromatic N) is 2. The van der Waals surface area contributed by atoms with E-state index in [1.165, 1.54) is 0 Å². The molecule has 0 saturated carbocycles. The van der Waals surface area contributed by atoms with Crippen LogP contribution in [0.2, 0.25) is 0 Å². The van der Waals surface area contributed by atoms with Gasteiger partial charge in [-0.1, -0.05) is 6.07 Å². The lowest BCUT2D eigenvalue weighted by Gasteiger charge is -2.37. The van der Waals surface area contributed by atoms with Crippen LogP contribution >= 0.6 is 24.0 Å². The Labute approximate surface area is 192 Å². The number of rotatable bonds is 9. The third kappa shape index (κ3) is 8.96. The summed E-state index contributed by atoms with van der Waals surface area (Å²) in [4.78, 5) is 7.23. The molecule has 1 aliphatic heterocycles. The minimum absolute atomic E-state index is 0. The highest BCUT2D eigenvalue weighted by molar-refractivity contribution is 14.0. The fourth-order valence-corrected chi connectivity index (χ4v) is 3.25. The van der Waals surface area contributed by atoms with Crippen molar-refractivity contribution in [2.24, 2.45) is 4.99 Å². The van der Waals surface area contributed by atoms with Gasteiger partial charge in [0.1, 0.15) is 17.6 Å². The van der Waals surface area contributed by atoms with Crippen LogP contribution in [0.5, 0.6) is 11.5 Å². The SMILES string of the molecule is CCNC(=NCC(C)N1CCOCC1C)NCC(C)Oc1cccc(OC)c1.I. The maximum Gasteiger partial charge on any atom is 0.191 e. The first-order chi connectivity index (χ1) is 13.5. The molecule has 0 spiro atoms. The molecule has 1 aromatic carbocycles. The summed E-state index contributed by atoms with van der Waals surface area (Å²) in [5.74, 6) is 2.40. The summed E-state index contributed by atoms with van der Waals surface area (Å²) in [5.41, 5.74) is 0. The zero-order valence-electron chi connectivity index (χ0n) is 18.3. The van der Waals surface area contributed by atoms with Crippen molar-refractivity contribution < 1.29 is 14.2 Å². The summed E-state index contributed by atoms with van der Waals surface area (Å²) >= 11 is 0. The average Bonchev–Trinajstić information content (AvgIpc) is 2.70. The largest absolute Gasteiger partial charge is 0.497 e. The van der Waals surface area contributed by atoms with Gasteiger partial charge < -0.3 is 24.8 Å². The second-order valence-corrected chi connectivity index (χ2v) is 7.22. The molecule has 0 bridgehead atoms. The number of hydrogen-bond acceptors (Lipinski definition) is 5. The maximum absolute atomic E-state index is 5.97.